The number of rotatable bonds is 5. The molecule has 0 radical (unpaired) electrons. The number of amides is 2. The quantitative estimate of drug-likeness (QED) is 0.258. The number of fused-ring (bicyclic) bond motifs is 4. The van der Waals surface area contributed by atoms with Gasteiger partial charge in [-0.25, -0.2) is 13.8 Å². The van der Waals surface area contributed by atoms with Crippen LogP contribution in [0.5, 0.6) is 0 Å². The van der Waals surface area contributed by atoms with Crippen molar-refractivity contribution in [3.05, 3.63) is 81.8 Å². The minimum atomic E-state index is -0.971. The predicted octanol–water partition coefficient (Wildman–Crippen LogP) is 4.52. The lowest BCUT2D eigenvalue weighted by atomic mass is 10.0. The molecule has 3 heterocycles. The number of anilines is 1. The zero-order chi connectivity index (χ0) is 29.1. The van der Waals surface area contributed by atoms with E-state index in [0.717, 1.165) is 12.1 Å². The number of H-pyrrole nitrogens is 1. The largest absolute Gasteiger partial charge is 0.459 e. The van der Waals surface area contributed by atoms with Crippen molar-refractivity contribution in [1.29, 1.82) is 0 Å². The first kappa shape index (κ1) is 28.4. The first-order valence-electron chi connectivity index (χ1n) is 13.2. The standard InChI is InChI=1S/C29H28ClF2N5O4/c1-15-9-19(31)25(20(32)10-15)29(40)35-21-5-3-2-4-6-23(38)34-22-11-16(12-24(39)41-17-13-33-14-17)7-8-18(22)26-27(30)37-28(21)36-26/h2-3,7-11,17,21,33H,4-6,12-14H2,1H3,(H,34,38)(H,35,40)(H,36,37)/b3-2+/t21-/m0/s1. The van der Waals surface area contributed by atoms with E-state index in [1.165, 1.54) is 6.92 Å². The molecule has 1 fully saturated rings. The van der Waals surface area contributed by atoms with Crippen LogP contribution in [-0.4, -0.2) is 46.9 Å². The Bertz CT molecular complexity index is 1510. The van der Waals surface area contributed by atoms with Crippen molar-refractivity contribution in [1.82, 2.24) is 20.6 Å². The van der Waals surface area contributed by atoms with E-state index in [1.54, 1.807) is 30.4 Å². The van der Waals surface area contributed by atoms with Crippen LogP contribution in [-0.2, 0) is 20.7 Å². The number of esters is 1. The topological polar surface area (TPSA) is 125 Å². The number of hydrogen-bond donors (Lipinski definition) is 4. The third-order valence-electron chi connectivity index (χ3n) is 6.81. The highest BCUT2D eigenvalue weighted by atomic mass is 35.5. The zero-order valence-electron chi connectivity index (χ0n) is 22.2. The van der Waals surface area contributed by atoms with Gasteiger partial charge in [-0.2, -0.15) is 0 Å². The minimum absolute atomic E-state index is 0.0160. The Labute approximate surface area is 239 Å². The molecule has 2 aliphatic rings. The number of nitrogens with one attached hydrogen (secondary N) is 4. The summed E-state index contributed by atoms with van der Waals surface area (Å²) in [6.07, 6.45) is 4.20. The molecule has 2 aromatic carbocycles. The number of aryl methyl sites for hydroxylation is 1. The van der Waals surface area contributed by atoms with E-state index in [9.17, 15) is 23.2 Å². The third kappa shape index (κ3) is 6.63. The van der Waals surface area contributed by atoms with Gasteiger partial charge in [0.15, 0.2) is 0 Å². The predicted molar refractivity (Wildman–Crippen MR) is 148 cm³/mol. The number of allylic oxidation sites excluding steroid dienone is 1. The average Bonchev–Trinajstić information content (AvgIpc) is 3.26. The number of hydrogen-bond acceptors (Lipinski definition) is 6. The number of aromatic nitrogens is 2. The van der Waals surface area contributed by atoms with E-state index < -0.39 is 29.1 Å². The minimum Gasteiger partial charge on any atom is -0.459 e. The highest BCUT2D eigenvalue weighted by Gasteiger charge is 2.26. The van der Waals surface area contributed by atoms with Crippen molar-refractivity contribution < 1.29 is 27.9 Å². The van der Waals surface area contributed by atoms with Crippen molar-refractivity contribution in [3.63, 3.8) is 0 Å². The Morgan fingerprint density at radius 2 is 1.90 bits per heavy atom. The van der Waals surface area contributed by atoms with Crippen molar-refractivity contribution in [2.24, 2.45) is 0 Å². The van der Waals surface area contributed by atoms with Crippen LogP contribution in [0.3, 0.4) is 0 Å². The van der Waals surface area contributed by atoms with Gasteiger partial charge in [0.05, 0.1) is 18.2 Å². The molecule has 0 aliphatic carbocycles. The van der Waals surface area contributed by atoms with E-state index in [1.807, 2.05) is 0 Å². The molecule has 41 heavy (non-hydrogen) atoms. The summed E-state index contributed by atoms with van der Waals surface area (Å²) in [5.74, 6) is -3.26. The first-order valence-corrected chi connectivity index (χ1v) is 13.6. The molecule has 0 spiro atoms. The van der Waals surface area contributed by atoms with Crippen LogP contribution in [0.15, 0.2) is 42.5 Å². The molecular formula is C29H28ClF2N5O4. The van der Waals surface area contributed by atoms with Gasteiger partial charge in [0.1, 0.15) is 40.0 Å². The molecule has 1 saturated heterocycles. The van der Waals surface area contributed by atoms with E-state index in [0.29, 0.717) is 47.6 Å². The van der Waals surface area contributed by atoms with Gasteiger partial charge in [0.2, 0.25) is 5.91 Å². The fourth-order valence-corrected chi connectivity index (χ4v) is 4.87. The maximum absolute atomic E-state index is 14.5. The van der Waals surface area contributed by atoms with Gasteiger partial charge < -0.3 is 25.7 Å². The Hall–Kier alpha value is -4.09. The summed E-state index contributed by atoms with van der Waals surface area (Å²) in [5, 5.41) is 8.71. The van der Waals surface area contributed by atoms with Crippen LogP contribution >= 0.6 is 11.6 Å². The Morgan fingerprint density at radius 1 is 1.15 bits per heavy atom. The lowest BCUT2D eigenvalue weighted by Crippen LogP contribution is -2.49. The molecule has 214 valence electrons. The summed E-state index contributed by atoms with van der Waals surface area (Å²) >= 11 is 6.54. The van der Waals surface area contributed by atoms with Gasteiger partial charge in [0, 0.05) is 25.1 Å². The average molecular weight is 584 g/mol. The SMILES string of the molecule is Cc1cc(F)c(C(=O)N[C@H]2C/C=C/CCC(=O)Nc3cc(CC(=O)OC4CNC4)ccc3-c3nc2[nH]c3Cl)c(F)c1. The second-order valence-corrected chi connectivity index (χ2v) is 10.4. The fourth-order valence-electron chi connectivity index (χ4n) is 4.63. The Kier molecular flexibility index (Phi) is 8.46. The molecule has 2 aliphatic heterocycles. The number of imidazole rings is 1. The summed E-state index contributed by atoms with van der Waals surface area (Å²) in [6, 6.07) is 6.45. The van der Waals surface area contributed by atoms with E-state index in [4.69, 9.17) is 16.3 Å². The van der Waals surface area contributed by atoms with Crippen molar-refractivity contribution >= 4 is 35.1 Å². The van der Waals surface area contributed by atoms with E-state index >= 15 is 0 Å². The van der Waals surface area contributed by atoms with Gasteiger partial charge in [-0.1, -0.05) is 35.9 Å². The fraction of sp³-hybridized carbons (Fsp3) is 0.310. The number of ether oxygens (including phenoxy) is 1. The van der Waals surface area contributed by atoms with Crippen LogP contribution in [0, 0.1) is 18.6 Å². The molecule has 12 heteroatoms. The number of carbonyl (C=O) groups excluding carboxylic acids is 3. The number of benzene rings is 2. The van der Waals surface area contributed by atoms with Gasteiger partial charge in [0.25, 0.3) is 5.91 Å². The summed E-state index contributed by atoms with van der Waals surface area (Å²) in [7, 11) is 0. The normalized spacial score (nSPS) is 18.0. The molecule has 4 N–H and O–H groups in total. The molecule has 0 saturated carbocycles. The summed E-state index contributed by atoms with van der Waals surface area (Å²) < 4.78 is 34.4. The Balaban J connectivity index is 1.46. The molecule has 2 amide bonds. The lowest BCUT2D eigenvalue weighted by Gasteiger charge is -2.26. The zero-order valence-corrected chi connectivity index (χ0v) is 22.9. The second kappa shape index (κ2) is 12.2. The molecule has 2 bridgehead atoms. The maximum Gasteiger partial charge on any atom is 0.310 e. The van der Waals surface area contributed by atoms with Crippen molar-refractivity contribution in [2.75, 3.05) is 18.4 Å². The van der Waals surface area contributed by atoms with Crippen molar-refractivity contribution in [2.45, 2.75) is 44.8 Å². The van der Waals surface area contributed by atoms with Crippen LogP contribution in [0.2, 0.25) is 5.15 Å². The van der Waals surface area contributed by atoms with Crippen LogP contribution in [0.25, 0.3) is 11.3 Å². The van der Waals surface area contributed by atoms with Crippen LogP contribution in [0.4, 0.5) is 14.5 Å². The van der Waals surface area contributed by atoms with Gasteiger partial charge in [-0.05, 0) is 49.1 Å². The molecule has 3 aromatic rings. The number of halogens is 3. The highest BCUT2D eigenvalue weighted by molar-refractivity contribution is 6.32. The number of nitrogens with zero attached hydrogens (tertiary/aromatic N) is 1. The summed E-state index contributed by atoms with van der Waals surface area (Å²) in [4.78, 5) is 45.6. The second-order valence-electron chi connectivity index (χ2n) is 10.0. The van der Waals surface area contributed by atoms with Crippen LogP contribution in [0.1, 0.15) is 52.6 Å². The molecule has 9 nitrogen and oxygen atoms in total. The molecular weight excluding hydrogens is 556 g/mol. The Morgan fingerprint density at radius 3 is 2.61 bits per heavy atom. The summed E-state index contributed by atoms with van der Waals surface area (Å²) in [6.45, 7) is 2.77. The molecule has 0 unspecified atom stereocenters. The van der Waals surface area contributed by atoms with Gasteiger partial charge >= 0.3 is 5.97 Å². The van der Waals surface area contributed by atoms with Gasteiger partial charge in [-0.15, -0.1) is 0 Å². The van der Waals surface area contributed by atoms with Crippen LogP contribution < -0.4 is 16.0 Å². The monoisotopic (exact) mass is 583 g/mol. The first-order chi connectivity index (χ1) is 19.7. The smallest absolute Gasteiger partial charge is 0.310 e. The molecule has 1 aromatic heterocycles. The highest BCUT2D eigenvalue weighted by Crippen LogP contribution is 2.35. The van der Waals surface area contributed by atoms with E-state index in [-0.39, 0.29) is 48.2 Å². The van der Waals surface area contributed by atoms with E-state index in [2.05, 4.69) is 25.9 Å². The maximum atomic E-state index is 14.5. The van der Waals surface area contributed by atoms with Gasteiger partial charge in [-0.3, -0.25) is 14.4 Å². The number of carbonyl (C=O) groups is 3. The molecule has 1 atom stereocenters. The lowest BCUT2D eigenvalue weighted by molar-refractivity contribution is -0.150. The summed E-state index contributed by atoms with van der Waals surface area (Å²) in [5.41, 5.74) is 1.46. The van der Waals surface area contributed by atoms with Crippen molar-refractivity contribution in [3.8, 4) is 11.3 Å². The molecule has 5 rings (SSSR count). The third-order valence-corrected chi connectivity index (χ3v) is 7.08. The number of aromatic amines is 1.